The minimum atomic E-state index is 0.0215. The summed E-state index contributed by atoms with van der Waals surface area (Å²) >= 11 is 0. The monoisotopic (exact) mass is 366 g/mol. The van der Waals surface area contributed by atoms with E-state index in [1.165, 1.54) is 0 Å². The molecule has 0 aliphatic heterocycles. The lowest BCUT2D eigenvalue weighted by Crippen LogP contribution is -1.96. The fourth-order valence-corrected chi connectivity index (χ4v) is 3.44. The summed E-state index contributed by atoms with van der Waals surface area (Å²) in [5.74, 6) is 0. The van der Waals surface area contributed by atoms with Crippen molar-refractivity contribution in [2.24, 2.45) is 7.05 Å². The lowest BCUT2D eigenvalue weighted by atomic mass is 10.0. The molecule has 5 aromatic rings. The van der Waals surface area contributed by atoms with Gasteiger partial charge in [-0.05, 0) is 17.7 Å². The first-order valence-corrected chi connectivity index (χ1v) is 9.11. The second kappa shape index (κ2) is 6.55. The first-order chi connectivity index (χ1) is 13.7. The van der Waals surface area contributed by atoms with Gasteiger partial charge in [-0.2, -0.15) is 0 Å². The number of imidazole rings is 1. The Bertz CT molecular complexity index is 1290. The Morgan fingerprint density at radius 3 is 2.11 bits per heavy atom. The van der Waals surface area contributed by atoms with Gasteiger partial charge in [0, 0.05) is 18.2 Å². The van der Waals surface area contributed by atoms with E-state index >= 15 is 0 Å². The Kier molecular flexibility index (Phi) is 3.88. The molecular weight excluding hydrogens is 348 g/mol. The minimum absolute atomic E-state index is 0.0215. The number of hydrogen-bond acceptors (Lipinski definition) is 4. The molecule has 0 atom stereocenters. The minimum Gasteiger partial charge on any atom is -0.392 e. The number of fused-ring (bicyclic) bond motifs is 2. The van der Waals surface area contributed by atoms with E-state index in [2.05, 4.69) is 4.98 Å². The molecule has 0 aliphatic rings. The lowest BCUT2D eigenvalue weighted by Gasteiger charge is -2.11. The molecule has 0 saturated heterocycles. The summed E-state index contributed by atoms with van der Waals surface area (Å²) in [4.78, 5) is 14.4. The highest BCUT2D eigenvalue weighted by Gasteiger charge is 2.14. The van der Waals surface area contributed by atoms with Crippen LogP contribution in [0.4, 0.5) is 0 Å². The molecule has 0 aliphatic carbocycles. The first-order valence-electron chi connectivity index (χ1n) is 9.11. The van der Waals surface area contributed by atoms with Crippen molar-refractivity contribution in [2.75, 3.05) is 0 Å². The maximum Gasteiger partial charge on any atom is 0.0973 e. The van der Waals surface area contributed by atoms with Gasteiger partial charge in [0.05, 0.1) is 46.4 Å². The molecule has 5 rings (SSSR count). The average molecular weight is 366 g/mol. The number of aliphatic hydroxyl groups is 1. The van der Waals surface area contributed by atoms with Crippen molar-refractivity contribution in [2.45, 2.75) is 6.61 Å². The van der Waals surface area contributed by atoms with Gasteiger partial charge in [-0.1, -0.05) is 54.6 Å². The first kappa shape index (κ1) is 16.6. The molecule has 2 heterocycles. The van der Waals surface area contributed by atoms with E-state index in [0.29, 0.717) is 0 Å². The predicted molar refractivity (Wildman–Crippen MR) is 111 cm³/mol. The molecule has 28 heavy (non-hydrogen) atoms. The summed E-state index contributed by atoms with van der Waals surface area (Å²) in [5.41, 5.74) is 8.09. The van der Waals surface area contributed by atoms with Crippen molar-refractivity contribution in [3.8, 4) is 22.5 Å². The van der Waals surface area contributed by atoms with E-state index in [1.54, 1.807) is 6.33 Å². The number of rotatable bonds is 3. The van der Waals surface area contributed by atoms with Crippen LogP contribution >= 0.6 is 0 Å². The van der Waals surface area contributed by atoms with Crippen LogP contribution in [0, 0.1) is 0 Å². The third-order valence-corrected chi connectivity index (χ3v) is 4.97. The van der Waals surface area contributed by atoms with Crippen LogP contribution < -0.4 is 0 Å². The van der Waals surface area contributed by atoms with Crippen molar-refractivity contribution in [3.05, 3.63) is 78.6 Å². The Hall–Kier alpha value is -3.57. The molecule has 0 spiro atoms. The summed E-state index contributed by atoms with van der Waals surface area (Å²) in [6.45, 7) is 0.0215. The number of aryl methyl sites for hydroxylation is 1. The van der Waals surface area contributed by atoms with E-state index in [4.69, 9.17) is 9.97 Å². The van der Waals surface area contributed by atoms with Gasteiger partial charge in [0.15, 0.2) is 0 Å². The molecule has 3 aromatic carbocycles. The van der Waals surface area contributed by atoms with E-state index in [9.17, 15) is 5.11 Å². The second-order valence-electron chi connectivity index (χ2n) is 6.83. The molecule has 0 fully saturated rings. The molecule has 0 amide bonds. The maximum absolute atomic E-state index is 9.34. The van der Waals surface area contributed by atoms with Crippen LogP contribution in [0.2, 0.25) is 0 Å². The van der Waals surface area contributed by atoms with Crippen LogP contribution in [-0.2, 0) is 13.7 Å². The summed E-state index contributed by atoms with van der Waals surface area (Å²) in [6, 6.07) is 21.9. The molecule has 2 aromatic heterocycles. The van der Waals surface area contributed by atoms with E-state index in [0.717, 1.165) is 50.1 Å². The largest absolute Gasteiger partial charge is 0.392 e. The zero-order valence-electron chi connectivity index (χ0n) is 15.4. The van der Waals surface area contributed by atoms with Gasteiger partial charge in [-0.25, -0.2) is 15.0 Å². The highest BCUT2D eigenvalue weighted by atomic mass is 16.3. The van der Waals surface area contributed by atoms with E-state index in [1.807, 2.05) is 78.3 Å². The van der Waals surface area contributed by atoms with E-state index in [-0.39, 0.29) is 6.61 Å². The Labute approximate surface area is 162 Å². The van der Waals surface area contributed by atoms with Gasteiger partial charge in [0.25, 0.3) is 0 Å². The molecule has 0 radical (unpaired) electrons. The molecule has 5 nitrogen and oxygen atoms in total. The topological polar surface area (TPSA) is 63.8 Å². The van der Waals surface area contributed by atoms with Crippen LogP contribution in [0.1, 0.15) is 5.56 Å². The zero-order valence-corrected chi connectivity index (χ0v) is 15.4. The number of benzene rings is 3. The summed E-state index contributed by atoms with van der Waals surface area (Å²) in [7, 11) is 1.97. The van der Waals surface area contributed by atoms with Crippen LogP contribution in [0.5, 0.6) is 0 Å². The molecular formula is C23H18N4O. The molecule has 0 saturated carbocycles. The van der Waals surface area contributed by atoms with Gasteiger partial charge in [0.2, 0.25) is 0 Å². The number of hydrogen-bond donors (Lipinski definition) is 1. The Morgan fingerprint density at radius 2 is 1.43 bits per heavy atom. The van der Waals surface area contributed by atoms with Crippen molar-refractivity contribution in [1.82, 2.24) is 19.5 Å². The zero-order chi connectivity index (χ0) is 19.1. The Morgan fingerprint density at radius 1 is 0.786 bits per heavy atom. The maximum atomic E-state index is 9.34. The summed E-state index contributed by atoms with van der Waals surface area (Å²) in [5, 5.41) is 9.34. The fraction of sp³-hybridized carbons (Fsp3) is 0.0870. The summed E-state index contributed by atoms with van der Waals surface area (Å²) in [6.07, 6.45) is 1.80. The fourth-order valence-electron chi connectivity index (χ4n) is 3.44. The normalized spacial score (nSPS) is 11.4. The number of aromatic nitrogens is 4. The van der Waals surface area contributed by atoms with Crippen LogP contribution in [0.3, 0.4) is 0 Å². The average Bonchev–Trinajstić information content (AvgIpc) is 3.11. The van der Waals surface area contributed by atoms with Gasteiger partial charge in [-0.3, -0.25) is 0 Å². The SMILES string of the molecule is Cn1cnc2cc3nc(-c4ccccc4)c(-c4ccc(CO)cc4)nc3cc21. The van der Waals surface area contributed by atoms with Crippen LogP contribution in [0.15, 0.2) is 73.1 Å². The van der Waals surface area contributed by atoms with Crippen molar-refractivity contribution in [3.63, 3.8) is 0 Å². The standard InChI is InChI=1S/C23H18N4O/c1-27-14-24-20-11-18-19(12-21(20)27)26-23(17-9-7-15(13-28)8-10-17)22(25-18)16-5-3-2-4-6-16/h2-12,14,28H,13H2,1H3. The second-order valence-corrected chi connectivity index (χ2v) is 6.83. The van der Waals surface area contributed by atoms with Gasteiger partial charge in [0.1, 0.15) is 0 Å². The van der Waals surface area contributed by atoms with Gasteiger partial charge >= 0.3 is 0 Å². The third kappa shape index (κ3) is 2.73. The highest BCUT2D eigenvalue weighted by Crippen LogP contribution is 2.32. The van der Waals surface area contributed by atoms with Crippen molar-refractivity contribution >= 4 is 22.1 Å². The van der Waals surface area contributed by atoms with Crippen LogP contribution in [0.25, 0.3) is 44.6 Å². The third-order valence-electron chi connectivity index (χ3n) is 4.97. The number of nitrogens with zero attached hydrogens (tertiary/aromatic N) is 4. The van der Waals surface area contributed by atoms with Gasteiger partial charge in [-0.15, -0.1) is 0 Å². The van der Waals surface area contributed by atoms with Gasteiger partial charge < -0.3 is 9.67 Å². The lowest BCUT2D eigenvalue weighted by molar-refractivity contribution is 0.282. The quantitative estimate of drug-likeness (QED) is 0.516. The highest BCUT2D eigenvalue weighted by molar-refractivity contribution is 5.94. The van der Waals surface area contributed by atoms with Crippen molar-refractivity contribution in [1.29, 1.82) is 0 Å². The number of aliphatic hydroxyl groups excluding tert-OH is 1. The molecule has 0 unspecified atom stereocenters. The predicted octanol–water partition coefficient (Wildman–Crippen LogP) is 4.34. The smallest absolute Gasteiger partial charge is 0.0973 e. The molecule has 1 N–H and O–H groups in total. The Balaban J connectivity index is 1.81. The van der Waals surface area contributed by atoms with Crippen molar-refractivity contribution < 1.29 is 5.11 Å². The molecule has 0 bridgehead atoms. The molecule has 5 heteroatoms. The van der Waals surface area contributed by atoms with Crippen LogP contribution in [-0.4, -0.2) is 24.6 Å². The molecule has 136 valence electrons. The van der Waals surface area contributed by atoms with E-state index < -0.39 is 0 Å². The summed E-state index contributed by atoms with van der Waals surface area (Å²) < 4.78 is 1.98.